The Morgan fingerprint density at radius 1 is 1.67 bits per heavy atom. The second kappa shape index (κ2) is 2.58. The van der Waals surface area contributed by atoms with E-state index in [0.717, 1.165) is 5.76 Å². The Bertz CT molecular complexity index is 149. The standard InChI is InChI=1S/C7H11NO/c1-6-3-4-7(9-2)5-8-6/h3-6,8H,1-2H3. The van der Waals surface area contributed by atoms with E-state index in [0.29, 0.717) is 6.04 Å². The van der Waals surface area contributed by atoms with Crippen molar-refractivity contribution < 1.29 is 4.74 Å². The molecule has 0 aromatic heterocycles. The SMILES string of the molecule is COC1=CNC(C)C=C1. The van der Waals surface area contributed by atoms with E-state index in [4.69, 9.17) is 4.74 Å². The predicted molar refractivity (Wildman–Crippen MR) is 36.8 cm³/mol. The Hall–Kier alpha value is -0.920. The Morgan fingerprint density at radius 3 is 2.89 bits per heavy atom. The number of nitrogens with one attached hydrogen (secondary N) is 1. The first-order valence-corrected chi connectivity index (χ1v) is 3.01. The van der Waals surface area contributed by atoms with Crippen LogP contribution in [0.3, 0.4) is 0 Å². The Labute approximate surface area is 55.2 Å². The Balaban J connectivity index is 2.52. The van der Waals surface area contributed by atoms with Gasteiger partial charge in [0, 0.05) is 12.2 Å². The normalized spacial score (nSPS) is 24.7. The molecule has 0 bridgehead atoms. The Kier molecular flexibility index (Phi) is 1.78. The molecular weight excluding hydrogens is 114 g/mol. The molecule has 0 saturated heterocycles. The highest BCUT2D eigenvalue weighted by Gasteiger charge is 1.99. The zero-order valence-corrected chi connectivity index (χ0v) is 5.72. The van der Waals surface area contributed by atoms with Crippen molar-refractivity contribution in [3.63, 3.8) is 0 Å². The zero-order chi connectivity index (χ0) is 6.69. The summed E-state index contributed by atoms with van der Waals surface area (Å²) < 4.78 is 4.95. The summed E-state index contributed by atoms with van der Waals surface area (Å²) in [5.41, 5.74) is 0. The highest BCUT2D eigenvalue weighted by molar-refractivity contribution is 5.17. The third kappa shape index (κ3) is 1.49. The first-order chi connectivity index (χ1) is 4.33. The van der Waals surface area contributed by atoms with Gasteiger partial charge in [0.2, 0.25) is 0 Å². The number of dihydropyridines is 1. The van der Waals surface area contributed by atoms with Gasteiger partial charge < -0.3 is 10.1 Å². The minimum absolute atomic E-state index is 0.434. The van der Waals surface area contributed by atoms with Gasteiger partial charge >= 0.3 is 0 Å². The monoisotopic (exact) mass is 125 g/mol. The second-order valence-corrected chi connectivity index (χ2v) is 2.07. The molecule has 0 saturated carbocycles. The molecule has 1 unspecified atom stereocenters. The lowest BCUT2D eigenvalue weighted by molar-refractivity contribution is 0.301. The highest BCUT2D eigenvalue weighted by atomic mass is 16.5. The summed E-state index contributed by atoms with van der Waals surface area (Å²) in [6.45, 7) is 2.08. The summed E-state index contributed by atoms with van der Waals surface area (Å²) in [4.78, 5) is 0. The van der Waals surface area contributed by atoms with Crippen molar-refractivity contribution in [2.45, 2.75) is 13.0 Å². The molecule has 0 aromatic rings. The lowest BCUT2D eigenvalue weighted by Gasteiger charge is -2.12. The second-order valence-electron chi connectivity index (χ2n) is 2.07. The molecule has 1 rings (SSSR count). The van der Waals surface area contributed by atoms with Crippen LogP contribution in [0.1, 0.15) is 6.92 Å². The van der Waals surface area contributed by atoms with E-state index >= 15 is 0 Å². The minimum Gasteiger partial charge on any atom is -0.495 e. The molecule has 1 atom stereocenters. The molecule has 50 valence electrons. The fourth-order valence-corrected chi connectivity index (χ4v) is 0.683. The third-order valence-electron chi connectivity index (χ3n) is 1.27. The largest absolute Gasteiger partial charge is 0.495 e. The van der Waals surface area contributed by atoms with Crippen molar-refractivity contribution in [3.05, 3.63) is 24.1 Å². The summed E-state index contributed by atoms with van der Waals surface area (Å²) in [5, 5.41) is 3.11. The van der Waals surface area contributed by atoms with Gasteiger partial charge in [-0.05, 0) is 13.0 Å². The maximum Gasteiger partial charge on any atom is 0.134 e. The fraction of sp³-hybridized carbons (Fsp3) is 0.429. The van der Waals surface area contributed by atoms with Crippen molar-refractivity contribution in [1.29, 1.82) is 0 Å². The van der Waals surface area contributed by atoms with Crippen LogP contribution in [0.5, 0.6) is 0 Å². The topological polar surface area (TPSA) is 21.3 Å². The fourth-order valence-electron chi connectivity index (χ4n) is 0.683. The number of methoxy groups -OCH3 is 1. The van der Waals surface area contributed by atoms with Crippen molar-refractivity contribution in [2.75, 3.05) is 7.11 Å². The van der Waals surface area contributed by atoms with Crippen LogP contribution < -0.4 is 5.32 Å². The number of allylic oxidation sites excluding steroid dienone is 1. The van der Waals surface area contributed by atoms with E-state index in [1.807, 2.05) is 12.3 Å². The van der Waals surface area contributed by atoms with Crippen LogP contribution in [-0.4, -0.2) is 13.2 Å². The Morgan fingerprint density at radius 2 is 2.44 bits per heavy atom. The van der Waals surface area contributed by atoms with Crippen LogP contribution in [0.25, 0.3) is 0 Å². The summed E-state index contributed by atoms with van der Waals surface area (Å²) in [6.07, 6.45) is 5.88. The number of hydrogen-bond donors (Lipinski definition) is 1. The molecule has 0 aliphatic carbocycles. The molecule has 1 aliphatic rings. The van der Waals surface area contributed by atoms with E-state index in [9.17, 15) is 0 Å². The third-order valence-corrected chi connectivity index (χ3v) is 1.27. The van der Waals surface area contributed by atoms with Gasteiger partial charge in [0.05, 0.1) is 7.11 Å². The number of hydrogen-bond acceptors (Lipinski definition) is 2. The van der Waals surface area contributed by atoms with E-state index in [-0.39, 0.29) is 0 Å². The first-order valence-electron chi connectivity index (χ1n) is 3.01. The number of ether oxygens (including phenoxy) is 1. The van der Waals surface area contributed by atoms with Crippen molar-refractivity contribution in [2.24, 2.45) is 0 Å². The van der Waals surface area contributed by atoms with Gasteiger partial charge in [0.25, 0.3) is 0 Å². The van der Waals surface area contributed by atoms with Crippen molar-refractivity contribution in [1.82, 2.24) is 5.32 Å². The van der Waals surface area contributed by atoms with E-state index in [2.05, 4.69) is 18.3 Å². The molecule has 2 nitrogen and oxygen atoms in total. The van der Waals surface area contributed by atoms with Crippen LogP contribution >= 0.6 is 0 Å². The summed E-state index contributed by atoms with van der Waals surface area (Å²) >= 11 is 0. The molecular formula is C7H11NO. The lowest BCUT2D eigenvalue weighted by atomic mass is 10.2. The minimum atomic E-state index is 0.434. The molecule has 1 heterocycles. The molecule has 1 aliphatic heterocycles. The smallest absolute Gasteiger partial charge is 0.134 e. The molecule has 0 aromatic carbocycles. The predicted octanol–water partition coefficient (Wildman–Crippen LogP) is 1.02. The molecule has 0 fully saturated rings. The van der Waals surface area contributed by atoms with Crippen LogP contribution in [0, 0.1) is 0 Å². The average molecular weight is 125 g/mol. The lowest BCUT2D eigenvalue weighted by Crippen LogP contribution is -2.20. The summed E-state index contributed by atoms with van der Waals surface area (Å²) in [5.74, 6) is 0.883. The molecule has 2 heteroatoms. The van der Waals surface area contributed by atoms with Crippen molar-refractivity contribution >= 4 is 0 Å². The zero-order valence-electron chi connectivity index (χ0n) is 5.72. The van der Waals surface area contributed by atoms with Gasteiger partial charge in [0.15, 0.2) is 0 Å². The summed E-state index contributed by atoms with van der Waals surface area (Å²) in [7, 11) is 1.66. The maximum atomic E-state index is 4.95. The molecule has 0 spiro atoms. The maximum absolute atomic E-state index is 4.95. The van der Waals surface area contributed by atoms with E-state index < -0.39 is 0 Å². The van der Waals surface area contributed by atoms with Crippen LogP contribution in [0.15, 0.2) is 24.1 Å². The summed E-state index contributed by atoms with van der Waals surface area (Å²) in [6, 6.07) is 0.434. The molecule has 1 N–H and O–H groups in total. The van der Waals surface area contributed by atoms with Gasteiger partial charge in [-0.15, -0.1) is 0 Å². The van der Waals surface area contributed by atoms with Crippen LogP contribution in [0.4, 0.5) is 0 Å². The van der Waals surface area contributed by atoms with Gasteiger partial charge in [-0.25, -0.2) is 0 Å². The van der Waals surface area contributed by atoms with Gasteiger partial charge in [-0.1, -0.05) is 6.08 Å². The van der Waals surface area contributed by atoms with Crippen LogP contribution in [-0.2, 0) is 4.74 Å². The van der Waals surface area contributed by atoms with Gasteiger partial charge in [0.1, 0.15) is 5.76 Å². The molecule has 0 amide bonds. The van der Waals surface area contributed by atoms with Gasteiger partial charge in [-0.2, -0.15) is 0 Å². The first kappa shape index (κ1) is 6.20. The molecule has 0 radical (unpaired) electrons. The van der Waals surface area contributed by atoms with E-state index in [1.165, 1.54) is 0 Å². The molecule has 9 heavy (non-hydrogen) atoms. The van der Waals surface area contributed by atoms with Crippen molar-refractivity contribution in [3.8, 4) is 0 Å². The quantitative estimate of drug-likeness (QED) is 0.565. The van der Waals surface area contributed by atoms with Gasteiger partial charge in [-0.3, -0.25) is 0 Å². The average Bonchev–Trinajstić information content (AvgIpc) is 1.90. The van der Waals surface area contributed by atoms with E-state index in [1.54, 1.807) is 7.11 Å². The van der Waals surface area contributed by atoms with Crippen LogP contribution in [0.2, 0.25) is 0 Å². The number of rotatable bonds is 1. The highest BCUT2D eigenvalue weighted by Crippen LogP contribution is 2.02.